The van der Waals surface area contributed by atoms with Crippen molar-refractivity contribution in [2.75, 3.05) is 17.8 Å². The van der Waals surface area contributed by atoms with Crippen molar-refractivity contribution in [3.05, 3.63) is 103 Å². The van der Waals surface area contributed by atoms with Crippen LogP contribution in [0.5, 0.6) is 5.75 Å². The average molecular weight is 499 g/mol. The lowest BCUT2D eigenvalue weighted by Gasteiger charge is -2.23. The molecule has 1 amide bonds. The summed E-state index contributed by atoms with van der Waals surface area (Å²) >= 11 is 1.35. The van der Waals surface area contributed by atoms with Gasteiger partial charge in [-0.15, -0.1) is 0 Å². The molecular formula is C28H23FN4O2S. The van der Waals surface area contributed by atoms with E-state index in [-0.39, 0.29) is 17.5 Å². The average Bonchev–Trinajstić information content (AvgIpc) is 3.36. The van der Waals surface area contributed by atoms with Crippen molar-refractivity contribution in [1.29, 1.82) is 0 Å². The van der Waals surface area contributed by atoms with Gasteiger partial charge in [0.15, 0.2) is 0 Å². The number of benzene rings is 3. The number of imidazole rings is 1. The van der Waals surface area contributed by atoms with E-state index in [1.165, 1.54) is 23.9 Å². The molecule has 0 aliphatic rings. The fourth-order valence-electron chi connectivity index (χ4n) is 3.83. The maximum Gasteiger partial charge on any atom is 0.237 e. The molecule has 2 heterocycles. The standard InChI is InChI=1S/C28H23FN4O2S/c1-35-22-14-8-19(9-15-22)17-33(21-12-10-20(29)11-13-21)26(34)18-36-28-23(5-4-16-30-28)27-31-24-6-2-3-7-25(24)32-27/h2-16H,17-18H2,1H3,(H,31,32). The fourth-order valence-corrected chi connectivity index (χ4v) is 4.70. The number of rotatable bonds is 8. The van der Waals surface area contributed by atoms with Crippen LogP contribution in [0.15, 0.2) is 96.2 Å². The Morgan fingerprint density at radius 3 is 2.53 bits per heavy atom. The van der Waals surface area contributed by atoms with E-state index >= 15 is 0 Å². The zero-order chi connectivity index (χ0) is 24.9. The molecular weight excluding hydrogens is 475 g/mol. The summed E-state index contributed by atoms with van der Waals surface area (Å²) in [6, 6.07) is 25.1. The van der Waals surface area contributed by atoms with Gasteiger partial charge in [0.05, 0.1) is 30.4 Å². The third-order valence-corrected chi connectivity index (χ3v) is 6.68. The highest BCUT2D eigenvalue weighted by molar-refractivity contribution is 8.00. The number of amides is 1. The molecule has 180 valence electrons. The number of halogens is 1. The number of aromatic nitrogens is 3. The number of methoxy groups -OCH3 is 1. The van der Waals surface area contributed by atoms with E-state index in [0.717, 1.165) is 27.9 Å². The van der Waals surface area contributed by atoms with Gasteiger partial charge in [0.2, 0.25) is 5.91 Å². The Labute approximate surface area is 212 Å². The Kier molecular flexibility index (Phi) is 6.95. The molecule has 5 rings (SSSR count). The lowest BCUT2D eigenvalue weighted by molar-refractivity contribution is -0.116. The van der Waals surface area contributed by atoms with E-state index in [1.54, 1.807) is 30.3 Å². The van der Waals surface area contributed by atoms with Gasteiger partial charge in [-0.25, -0.2) is 14.4 Å². The van der Waals surface area contributed by atoms with E-state index in [0.29, 0.717) is 23.1 Å². The Bertz CT molecular complexity index is 1450. The fraction of sp³-hybridized carbons (Fsp3) is 0.107. The third-order valence-electron chi connectivity index (χ3n) is 5.69. The third kappa shape index (κ3) is 5.23. The van der Waals surface area contributed by atoms with Crippen LogP contribution in [0, 0.1) is 5.82 Å². The number of carbonyl (C=O) groups excluding carboxylic acids is 1. The maximum absolute atomic E-state index is 13.6. The summed E-state index contributed by atoms with van der Waals surface area (Å²) in [5, 5.41) is 0.702. The van der Waals surface area contributed by atoms with Crippen molar-refractivity contribution in [3.8, 4) is 17.1 Å². The van der Waals surface area contributed by atoms with Crippen molar-refractivity contribution < 1.29 is 13.9 Å². The van der Waals surface area contributed by atoms with Crippen LogP contribution < -0.4 is 9.64 Å². The second-order valence-electron chi connectivity index (χ2n) is 8.05. The van der Waals surface area contributed by atoms with Gasteiger partial charge in [-0.05, 0) is 66.2 Å². The minimum absolute atomic E-state index is 0.122. The highest BCUT2D eigenvalue weighted by Gasteiger charge is 2.19. The number of nitrogens with one attached hydrogen (secondary N) is 1. The van der Waals surface area contributed by atoms with Crippen LogP contribution in [0.3, 0.4) is 0 Å². The summed E-state index contributed by atoms with van der Waals surface area (Å²) in [6.07, 6.45) is 1.70. The van der Waals surface area contributed by atoms with E-state index in [4.69, 9.17) is 4.74 Å². The first kappa shape index (κ1) is 23.6. The predicted octanol–water partition coefficient (Wildman–Crippen LogP) is 6.10. The summed E-state index contributed by atoms with van der Waals surface area (Å²) in [5.74, 6) is 1.12. The molecule has 1 N–H and O–H groups in total. The highest BCUT2D eigenvalue weighted by atomic mass is 32.2. The Morgan fingerprint density at radius 1 is 1.00 bits per heavy atom. The van der Waals surface area contributed by atoms with Crippen LogP contribution >= 0.6 is 11.8 Å². The number of hydrogen-bond donors (Lipinski definition) is 1. The van der Waals surface area contributed by atoms with Crippen molar-refractivity contribution in [1.82, 2.24) is 15.0 Å². The molecule has 0 radical (unpaired) electrons. The molecule has 0 fully saturated rings. The number of para-hydroxylation sites is 2. The number of ether oxygens (including phenoxy) is 1. The van der Waals surface area contributed by atoms with Gasteiger partial charge in [0.1, 0.15) is 22.4 Å². The molecule has 36 heavy (non-hydrogen) atoms. The molecule has 6 nitrogen and oxygen atoms in total. The SMILES string of the molecule is COc1ccc(CN(C(=O)CSc2ncccc2-c2nc3ccccc3[nH]2)c2ccc(F)cc2)cc1. The zero-order valence-corrected chi connectivity index (χ0v) is 20.3. The summed E-state index contributed by atoms with van der Waals surface area (Å²) in [7, 11) is 1.61. The smallest absolute Gasteiger partial charge is 0.237 e. The first-order valence-electron chi connectivity index (χ1n) is 11.3. The first-order valence-corrected chi connectivity index (χ1v) is 12.3. The predicted molar refractivity (Wildman–Crippen MR) is 141 cm³/mol. The van der Waals surface area contributed by atoms with Crippen molar-refractivity contribution in [2.45, 2.75) is 11.6 Å². The van der Waals surface area contributed by atoms with Crippen LogP contribution in [0.1, 0.15) is 5.56 Å². The first-order chi connectivity index (χ1) is 17.6. The van der Waals surface area contributed by atoms with Gasteiger partial charge in [0, 0.05) is 17.4 Å². The summed E-state index contributed by atoms with van der Waals surface area (Å²) in [5.41, 5.74) is 4.18. The number of hydrogen-bond acceptors (Lipinski definition) is 5. The van der Waals surface area contributed by atoms with Crippen molar-refractivity contribution >= 4 is 34.4 Å². The van der Waals surface area contributed by atoms with Gasteiger partial charge in [-0.3, -0.25) is 4.79 Å². The molecule has 3 aromatic carbocycles. The molecule has 5 aromatic rings. The molecule has 0 bridgehead atoms. The number of pyridine rings is 1. The van der Waals surface area contributed by atoms with Gasteiger partial charge in [0.25, 0.3) is 0 Å². The minimum Gasteiger partial charge on any atom is -0.497 e. The van der Waals surface area contributed by atoms with Crippen LogP contribution in [0.4, 0.5) is 10.1 Å². The normalized spacial score (nSPS) is 10.9. The van der Waals surface area contributed by atoms with Crippen LogP contribution in [0.25, 0.3) is 22.4 Å². The van der Waals surface area contributed by atoms with E-state index in [2.05, 4.69) is 15.0 Å². The van der Waals surface area contributed by atoms with E-state index in [1.807, 2.05) is 60.7 Å². The molecule has 2 aromatic heterocycles. The minimum atomic E-state index is -0.353. The van der Waals surface area contributed by atoms with Crippen LogP contribution in [-0.4, -0.2) is 33.7 Å². The Balaban J connectivity index is 1.38. The van der Waals surface area contributed by atoms with E-state index < -0.39 is 0 Å². The van der Waals surface area contributed by atoms with Crippen LogP contribution in [-0.2, 0) is 11.3 Å². The van der Waals surface area contributed by atoms with Gasteiger partial charge in [-0.2, -0.15) is 0 Å². The molecule has 0 saturated carbocycles. The second kappa shape index (κ2) is 10.6. The number of aromatic amines is 1. The summed E-state index contributed by atoms with van der Waals surface area (Å²) < 4.78 is 18.8. The molecule has 0 aliphatic heterocycles. The quantitative estimate of drug-likeness (QED) is 0.262. The summed E-state index contributed by atoms with van der Waals surface area (Å²) in [6.45, 7) is 0.341. The Morgan fingerprint density at radius 2 is 1.78 bits per heavy atom. The van der Waals surface area contributed by atoms with Crippen molar-refractivity contribution in [3.63, 3.8) is 0 Å². The monoisotopic (exact) mass is 498 g/mol. The molecule has 0 unspecified atom stereocenters. The molecule has 0 atom stereocenters. The number of nitrogens with zero attached hydrogens (tertiary/aromatic N) is 3. The molecule has 0 aliphatic carbocycles. The number of anilines is 1. The largest absolute Gasteiger partial charge is 0.497 e. The number of thioether (sulfide) groups is 1. The van der Waals surface area contributed by atoms with E-state index in [9.17, 15) is 9.18 Å². The second-order valence-corrected chi connectivity index (χ2v) is 9.02. The molecule has 0 saturated heterocycles. The van der Waals surface area contributed by atoms with Gasteiger partial charge >= 0.3 is 0 Å². The lowest BCUT2D eigenvalue weighted by Crippen LogP contribution is -2.32. The molecule has 0 spiro atoms. The Hall–Kier alpha value is -4.17. The van der Waals surface area contributed by atoms with Crippen molar-refractivity contribution in [2.24, 2.45) is 0 Å². The number of carbonyl (C=O) groups is 1. The zero-order valence-electron chi connectivity index (χ0n) is 19.5. The molecule has 8 heteroatoms. The lowest BCUT2D eigenvalue weighted by atomic mass is 10.2. The topological polar surface area (TPSA) is 71.1 Å². The number of H-pyrrole nitrogens is 1. The maximum atomic E-state index is 13.6. The highest BCUT2D eigenvalue weighted by Crippen LogP contribution is 2.30. The van der Waals surface area contributed by atoms with Crippen LogP contribution in [0.2, 0.25) is 0 Å². The van der Waals surface area contributed by atoms with Gasteiger partial charge < -0.3 is 14.6 Å². The summed E-state index contributed by atoms with van der Waals surface area (Å²) in [4.78, 5) is 27.6. The van der Waals surface area contributed by atoms with Gasteiger partial charge in [-0.1, -0.05) is 36.0 Å². The number of fused-ring (bicyclic) bond motifs is 1.